The van der Waals surface area contributed by atoms with E-state index >= 15 is 0 Å². The van der Waals surface area contributed by atoms with Crippen LogP contribution in [0.5, 0.6) is 5.75 Å². The first kappa shape index (κ1) is 16.3. The number of hydrogen-bond donors (Lipinski definition) is 1. The summed E-state index contributed by atoms with van der Waals surface area (Å²) < 4.78 is 5.51. The summed E-state index contributed by atoms with van der Waals surface area (Å²) in [7, 11) is 1.68. The molecule has 1 saturated heterocycles. The van der Waals surface area contributed by atoms with Crippen molar-refractivity contribution in [2.45, 2.75) is 40.2 Å². The molecule has 3 nitrogen and oxygen atoms in total. The molecule has 0 saturated carbocycles. The fraction of sp³-hybridized carbons (Fsp3) is 0.667. The molecule has 118 valence electrons. The van der Waals surface area contributed by atoms with Crippen molar-refractivity contribution in [1.29, 1.82) is 0 Å². The van der Waals surface area contributed by atoms with E-state index in [-0.39, 0.29) is 0 Å². The van der Waals surface area contributed by atoms with Crippen molar-refractivity contribution in [1.82, 2.24) is 4.90 Å². The Morgan fingerprint density at radius 2 is 1.86 bits per heavy atom. The molecule has 2 rings (SSSR count). The molecule has 1 aromatic rings. The van der Waals surface area contributed by atoms with Crippen LogP contribution in [0.2, 0.25) is 0 Å². The molecule has 1 fully saturated rings. The number of piperidine rings is 1. The van der Waals surface area contributed by atoms with Gasteiger partial charge in [-0.1, -0.05) is 25.5 Å². The second-order valence-electron chi connectivity index (χ2n) is 6.88. The third-order valence-electron chi connectivity index (χ3n) is 4.39. The molecule has 1 heterocycles. The van der Waals surface area contributed by atoms with Crippen LogP contribution in [0.3, 0.4) is 0 Å². The summed E-state index contributed by atoms with van der Waals surface area (Å²) in [6, 6.07) is 4.15. The number of methoxy groups -OCH3 is 1. The van der Waals surface area contributed by atoms with Crippen molar-refractivity contribution in [3.63, 3.8) is 0 Å². The zero-order chi connectivity index (χ0) is 15.6. The maximum atomic E-state index is 10.7. The second-order valence-corrected chi connectivity index (χ2v) is 6.88. The number of rotatable bonds is 4. The van der Waals surface area contributed by atoms with Gasteiger partial charge >= 0.3 is 0 Å². The molecule has 1 N–H and O–H groups in total. The molecular formula is C18H29NO2. The average Bonchev–Trinajstić information content (AvgIpc) is 2.36. The molecule has 0 amide bonds. The number of nitrogens with zero attached hydrogens (tertiary/aromatic N) is 1. The minimum absolute atomic E-state index is 0.490. The topological polar surface area (TPSA) is 32.7 Å². The van der Waals surface area contributed by atoms with Gasteiger partial charge in [0.15, 0.2) is 0 Å². The van der Waals surface area contributed by atoms with E-state index in [1.807, 2.05) is 13.0 Å². The molecule has 0 aliphatic carbocycles. The first-order chi connectivity index (χ1) is 9.90. The lowest BCUT2D eigenvalue weighted by molar-refractivity contribution is 0.0686. The highest BCUT2D eigenvalue weighted by Gasteiger charge is 2.25. The van der Waals surface area contributed by atoms with Crippen LogP contribution >= 0.6 is 0 Å². The molecule has 0 spiro atoms. The van der Waals surface area contributed by atoms with E-state index in [9.17, 15) is 5.11 Å². The van der Waals surface area contributed by atoms with Crippen molar-refractivity contribution in [3.8, 4) is 5.75 Å². The molecule has 3 unspecified atom stereocenters. The molecule has 1 aliphatic rings. The van der Waals surface area contributed by atoms with Crippen molar-refractivity contribution in [3.05, 3.63) is 28.8 Å². The van der Waals surface area contributed by atoms with Gasteiger partial charge in [0.25, 0.3) is 0 Å². The Kier molecular flexibility index (Phi) is 5.28. The number of hydrogen-bond acceptors (Lipinski definition) is 3. The van der Waals surface area contributed by atoms with Gasteiger partial charge < -0.3 is 9.84 Å². The molecular weight excluding hydrogens is 262 g/mol. The van der Waals surface area contributed by atoms with Crippen molar-refractivity contribution >= 4 is 0 Å². The Balaban J connectivity index is 2.14. The van der Waals surface area contributed by atoms with Gasteiger partial charge in [-0.15, -0.1) is 0 Å². The third-order valence-corrected chi connectivity index (χ3v) is 4.39. The van der Waals surface area contributed by atoms with Crippen LogP contribution in [0, 0.1) is 25.7 Å². The number of aliphatic hydroxyl groups is 1. The summed E-state index contributed by atoms with van der Waals surface area (Å²) in [5, 5.41) is 10.7. The Bertz CT molecular complexity index is 476. The van der Waals surface area contributed by atoms with E-state index in [4.69, 9.17) is 4.74 Å². The predicted octanol–water partition coefficient (Wildman–Crippen LogP) is 3.32. The summed E-state index contributed by atoms with van der Waals surface area (Å²) in [6.07, 6.45) is 0.801. The van der Waals surface area contributed by atoms with E-state index in [0.29, 0.717) is 18.4 Å². The average molecular weight is 291 g/mol. The molecule has 0 aromatic heterocycles. The normalized spacial score (nSPS) is 24.9. The summed E-state index contributed by atoms with van der Waals surface area (Å²) in [6.45, 7) is 11.5. The van der Waals surface area contributed by atoms with Gasteiger partial charge in [0.2, 0.25) is 0 Å². The van der Waals surface area contributed by atoms with E-state index in [1.165, 1.54) is 12.0 Å². The van der Waals surface area contributed by atoms with Crippen molar-refractivity contribution < 1.29 is 9.84 Å². The molecule has 0 radical (unpaired) electrons. The van der Waals surface area contributed by atoms with Crippen LogP contribution in [0.25, 0.3) is 0 Å². The van der Waals surface area contributed by atoms with Gasteiger partial charge in [0, 0.05) is 25.2 Å². The van der Waals surface area contributed by atoms with Gasteiger partial charge in [-0.2, -0.15) is 0 Å². The maximum Gasteiger partial charge on any atom is 0.127 e. The number of aliphatic hydroxyl groups excluding tert-OH is 1. The first-order valence-electron chi connectivity index (χ1n) is 7.96. The number of aryl methyl sites for hydroxylation is 2. The first-order valence-corrected chi connectivity index (χ1v) is 7.96. The van der Waals surface area contributed by atoms with Crippen LogP contribution in [0.4, 0.5) is 0 Å². The van der Waals surface area contributed by atoms with Gasteiger partial charge in [-0.05, 0) is 43.7 Å². The number of ether oxygens (including phenoxy) is 1. The number of likely N-dealkylation sites (tertiary alicyclic amines) is 1. The zero-order valence-electron chi connectivity index (χ0n) is 14.0. The van der Waals surface area contributed by atoms with Crippen LogP contribution in [-0.4, -0.2) is 36.8 Å². The third kappa shape index (κ3) is 3.98. The second kappa shape index (κ2) is 6.80. The predicted molar refractivity (Wildman–Crippen MR) is 86.8 cm³/mol. The Morgan fingerprint density at radius 1 is 1.24 bits per heavy atom. The highest BCUT2D eigenvalue weighted by molar-refractivity contribution is 5.45. The molecule has 0 bridgehead atoms. The molecule has 3 heteroatoms. The summed E-state index contributed by atoms with van der Waals surface area (Å²) >= 11 is 0. The lowest BCUT2D eigenvalue weighted by atomic mass is 9.91. The Hall–Kier alpha value is -1.06. The lowest BCUT2D eigenvalue weighted by Crippen LogP contribution is -2.40. The van der Waals surface area contributed by atoms with Crippen LogP contribution in [0.1, 0.15) is 43.1 Å². The molecule has 21 heavy (non-hydrogen) atoms. The zero-order valence-corrected chi connectivity index (χ0v) is 14.0. The minimum atomic E-state index is -0.490. The fourth-order valence-corrected chi connectivity index (χ4v) is 3.80. The highest BCUT2D eigenvalue weighted by atomic mass is 16.5. The lowest BCUT2D eigenvalue weighted by Gasteiger charge is -2.36. The minimum Gasteiger partial charge on any atom is -0.496 e. The Morgan fingerprint density at radius 3 is 2.43 bits per heavy atom. The fourth-order valence-electron chi connectivity index (χ4n) is 3.80. The Labute approximate surface area is 128 Å². The maximum absolute atomic E-state index is 10.7. The summed E-state index contributed by atoms with van der Waals surface area (Å²) in [5.41, 5.74) is 3.18. The quantitative estimate of drug-likeness (QED) is 0.923. The SMILES string of the molecule is COc1c(C)cc(C)cc1C(O)CN1CC(C)CC(C)C1. The monoisotopic (exact) mass is 291 g/mol. The highest BCUT2D eigenvalue weighted by Crippen LogP contribution is 2.31. The van der Waals surface area contributed by atoms with E-state index < -0.39 is 6.10 Å². The van der Waals surface area contributed by atoms with Gasteiger partial charge in [-0.3, -0.25) is 4.90 Å². The van der Waals surface area contributed by atoms with E-state index in [2.05, 4.69) is 31.7 Å². The summed E-state index contributed by atoms with van der Waals surface area (Å²) in [4.78, 5) is 2.39. The molecule has 3 atom stereocenters. The van der Waals surface area contributed by atoms with Gasteiger partial charge in [0.1, 0.15) is 5.75 Å². The number of benzene rings is 1. The van der Waals surface area contributed by atoms with Gasteiger partial charge in [0.05, 0.1) is 13.2 Å². The van der Waals surface area contributed by atoms with Crippen LogP contribution in [-0.2, 0) is 0 Å². The van der Waals surface area contributed by atoms with E-state index in [1.54, 1.807) is 7.11 Å². The smallest absolute Gasteiger partial charge is 0.127 e. The summed E-state index contributed by atoms with van der Waals surface area (Å²) in [5.74, 6) is 2.25. The van der Waals surface area contributed by atoms with Gasteiger partial charge in [-0.25, -0.2) is 0 Å². The largest absolute Gasteiger partial charge is 0.496 e. The van der Waals surface area contributed by atoms with E-state index in [0.717, 1.165) is 30.0 Å². The standard InChI is InChI=1S/C18H29NO2/c1-12-7-15(4)18(21-5)16(8-12)17(20)11-19-9-13(2)6-14(3)10-19/h7-8,13-14,17,20H,6,9-11H2,1-5H3. The molecule has 1 aromatic carbocycles. The molecule has 1 aliphatic heterocycles. The number of β-amino-alcohol motifs (C(OH)–C–C–N with tert-alkyl or cyclic N) is 1. The van der Waals surface area contributed by atoms with Crippen LogP contribution in [0.15, 0.2) is 12.1 Å². The van der Waals surface area contributed by atoms with Crippen LogP contribution < -0.4 is 4.74 Å². The van der Waals surface area contributed by atoms with Crippen molar-refractivity contribution in [2.75, 3.05) is 26.7 Å². The van der Waals surface area contributed by atoms with Crippen molar-refractivity contribution in [2.24, 2.45) is 11.8 Å².